The average Bonchev–Trinajstić information content (AvgIpc) is 3.40. The van der Waals surface area contributed by atoms with Crippen molar-refractivity contribution in [1.82, 2.24) is 14.6 Å². The Morgan fingerprint density at radius 1 is 1.07 bits per heavy atom. The van der Waals surface area contributed by atoms with Crippen molar-refractivity contribution in [3.8, 4) is 5.75 Å². The van der Waals surface area contributed by atoms with Gasteiger partial charge in [0.2, 0.25) is 0 Å². The largest absolute Gasteiger partial charge is 0.489 e. The maximum Gasteiger partial charge on any atom is 0.283 e. The first-order valence-corrected chi connectivity index (χ1v) is 13.8. The molecule has 210 valence electrons. The molecule has 5 rings (SSSR count). The van der Waals surface area contributed by atoms with Crippen molar-refractivity contribution in [3.63, 3.8) is 0 Å². The number of hydrogen-bond acceptors (Lipinski definition) is 7. The van der Waals surface area contributed by atoms with E-state index in [0.717, 1.165) is 36.8 Å². The SMILES string of the molecule is Cc1c(NC2CCC(N)CC2)nc2ccnn2c1N(OC(C)(C)C)C(=O)c1cccc(OCc2ccccc2)c1. The number of anilines is 2. The van der Waals surface area contributed by atoms with Crippen LogP contribution in [-0.4, -0.2) is 38.2 Å². The number of carbonyl (C=O) groups is 1. The van der Waals surface area contributed by atoms with E-state index >= 15 is 0 Å². The Balaban J connectivity index is 1.49. The first-order chi connectivity index (χ1) is 19.2. The molecule has 2 heterocycles. The number of hydrogen-bond donors (Lipinski definition) is 2. The van der Waals surface area contributed by atoms with Crippen LogP contribution in [0.2, 0.25) is 0 Å². The standard InChI is InChI=1S/C31H38N6O3/c1-21-28(34-25-15-13-24(32)14-16-25)35-27-17-18-33-36(27)29(21)37(40-31(2,3)4)30(38)23-11-8-12-26(19-23)39-20-22-9-6-5-7-10-22/h5-12,17-19,24-25H,13-16,20,32H2,1-4H3,(H,34,35). The maximum atomic E-state index is 14.2. The van der Waals surface area contributed by atoms with E-state index in [2.05, 4.69) is 10.4 Å². The van der Waals surface area contributed by atoms with Crippen molar-refractivity contribution in [3.05, 3.63) is 83.6 Å². The lowest BCUT2D eigenvalue weighted by atomic mass is 9.92. The van der Waals surface area contributed by atoms with Gasteiger partial charge in [0.15, 0.2) is 11.5 Å². The summed E-state index contributed by atoms with van der Waals surface area (Å²) in [5.74, 6) is 1.47. The molecule has 40 heavy (non-hydrogen) atoms. The molecule has 2 aromatic heterocycles. The Morgan fingerprint density at radius 2 is 1.82 bits per heavy atom. The van der Waals surface area contributed by atoms with Gasteiger partial charge in [-0.05, 0) is 77.1 Å². The van der Waals surface area contributed by atoms with Gasteiger partial charge in [0.05, 0.1) is 11.8 Å². The Morgan fingerprint density at radius 3 is 2.55 bits per heavy atom. The minimum Gasteiger partial charge on any atom is -0.489 e. The average molecular weight is 543 g/mol. The van der Waals surface area contributed by atoms with Gasteiger partial charge in [-0.25, -0.2) is 4.98 Å². The number of rotatable bonds is 8. The second kappa shape index (κ2) is 11.7. The summed E-state index contributed by atoms with van der Waals surface area (Å²) in [4.78, 5) is 25.3. The molecule has 0 atom stereocenters. The van der Waals surface area contributed by atoms with Crippen LogP contribution in [0.5, 0.6) is 5.75 Å². The monoisotopic (exact) mass is 542 g/mol. The van der Waals surface area contributed by atoms with Gasteiger partial charge in [-0.15, -0.1) is 0 Å². The normalized spacial score (nSPS) is 17.5. The third-order valence-electron chi connectivity index (χ3n) is 6.92. The first kappa shape index (κ1) is 27.6. The molecule has 9 heteroatoms. The molecule has 1 aliphatic rings. The number of aromatic nitrogens is 3. The van der Waals surface area contributed by atoms with Crippen LogP contribution < -0.4 is 20.9 Å². The summed E-state index contributed by atoms with van der Waals surface area (Å²) in [6.07, 6.45) is 5.56. The molecular weight excluding hydrogens is 504 g/mol. The fraction of sp³-hybridized carbons (Fsp3) is 0.387. The highest BCUT2D eigenvalue weighted by Crippen LogP contribution is 2.32. The van der Waals surface area contributed by atoms with Crippen molar-refractivity contribution in [2.45, 2.75) is 77.7 Å². The van der Waals surface area contributed by atoms with Crippen LogP contribution in [-0.2, 0) is 11.4 Å². The third kappa shape index (κ3) is 6.43. The third-order valence-corrected chi connectivity index (χ3v) is 6.92. The highest BCUT2D eigenvalue weighted by molar-refractivity contribution is 6.05. The van der Waals surface area contributed by atoms with Gasteiger partial charge in [0.1, 0.15) is 18.2 Å². The van der Waals surface area contributed by atoms with Gasteiger partial charge >= 0.3 is 0 Å². The van der Waals surface area contributed by atoms with Crippen molar-refractivity contribution >= 4 is 23.2 Å². The molecule has 1 aliphatic carbocycles. The number of carbonyl (C=O) groups excluding carboxylic acids is 1. The lowest BCUT2D eigenvalue weighted by molar-refractivity contribution is -0.0173. The lowest BCUT2D eigenvalue weighted by Gasteiger charge is -2.32. The summed E-state index contributed by atoms with van der Waals surface area (Å²) >= 11 is 0. The van der Waals surface area contributed by atoms with Crippen LogP contribution in [0.15, 0.2) is 66.9 Å². The Hall–Kier alpha value is -3.95. The summed E-state index contributed by atoms with van der Waals surface area (Å²) in [7, 11) is 0. The summed E-state index contributed by atoms with van der Waals surface area (Å²) in [5, 5.41) is 9.45. The highest BCUT2D eigenvalue weighted by atomic mass is 16.7. The molecule has 0 radical (unpaired) electrons. The molecule has 1 fully saturated rings. The molecular formula is C31H38N6O3. The minimum absolute atomic E-state index is 0.251. The zero-order chi connectivity index (χ0) is 28.3. The van der Waals surface area contributed by atoms with Gasteiger partial charge in [0, 0.05) is 29.3 Å². The maximum absolute atomic E-state index is 14.2. The Bertz CT molecular complexity index is 1460. The Kier molecular flexibility index (Phi) is 8.04. The van der Waals surface area contributed by atoms with Crippen molar-refractivity contribution in [1.29, 1.82) is 0 Å². The van der Waals surface area contributed by atoms with E-state index in [1.54, 1.807) is 22.8 Å². The molecule has 2 aromatic carbocycles. The van der Waals surface area contributed by atoms with E-state index in [0.29, 0.717) is 35.2 Å². The van der Waals surface area contributed by atoms with Gasteiger partial charge in [-0.2, -0.15) is 14.7 Å². The molecule has 0 spiro atoms. The van der Waals surface area contributed by atoms with Crippen LogP contribution in [0.3, 0.4) is 0 Å². The minimum atomic E-state index is -0.667. The summed E-state index contributed by atoms with van der Waals surface area (Å²) in [6, 6.07) is 19.4. The molecule has 0 unspecified atom stereocenters. The van der Waals surface area contributed by atoms with Gasteiger partial charge in [-0.3, -0.25) is 9.63 Å². The van der Waals surface area contributed by atoms with E-state index < -0.39 is 5.60 Å². The van der Waals surface area contributed by atoms with Crippen LogP contribution in [0.1, 0.15) is 67.9 Å². The first-order valence-electron chi connectivity index (χ1n) is 13.8. The van der Waals surface area contributed by atoms with Crippen LogP contribution in [0.4, 0.5) is 11.6 Å². The quantitative estimate of drug-likeness (QED) is 0.276. The number of hydroxylamine groups is 1. The number of benzene rings is 2. The number of amides is 1. The number of nitrogens with zero attached hydrogens (tertiary/aromatic N) is 4. The number of nitrogens with two attached hydrogens (primary N) is 1. The molecule has 3 N–H and O–H groups in total. The van der Waals surface area contributed by atoms with Crippen LogP contribution in [0, 0.1) is 6.92 Å². The molecule has 1 saturated carbocycles. The predicted molar refractivity (Wildman–Crippen MR) is 156 cm³/mol. The van der Waals surface area contributed by atoms with Crippen molar-refractivity contribution < 1.29 is 14.4 Å². The topological polar surface area (TPSA) is 107 Å². The molecule has 0 aliphatic heterocycles. The fourth-order valence-electron chi connectivity index (χ4n) is 4.87. The van der Waals surface area contributed by atoms with E-state index in [9.17, 15) is 4.79 Å². The molecule has 0 bridgehead atoms. The second-order valence-electron chi connectivity index (χ2n) is 11.4. The summed E-state index contributed by atoms with van der Waals surface area (Å²) in [5.41, 5.74) is 8.32. The Labute approximate surface area is 235 Å². The fourth-order valence-corrected chi connectivity index (χ4v) is 4.87. The zero-order valence-electron chi connectivity index (χ0n) is 23.6. The van der Waals surface area contributed by atoms with Crippen LogP contribution in [0.25, 0.3) is 5.65 Å². The van der Waals surface area contributed by atoms with Crippen molar-refractivity contribution in [2.75, 3.05) is 10.4 Å². The number of nitrogens with one attached hydrogen (secondary N) is 1. The molecule has 4 aromatic rings. The van der Waals surface area contributed by atoms with E-state index in [1.807, 2.05) is 76.2 Å². The number of fused-ring (bicyclic) bond motifs is 1. The van der Waals surface area contributed by atoms with Gasteiger partial charge in [-0.1, -0.05) is 36.4 Å². The lowest BCUT2D eigenvalue weighted by Crippen LogP contribution is -2.40. The molecule has 0 saturated heterocycles. The smallest absolute Gasteiger partial charge is 0.283 e. The van der Waals surface area contributed by atoms with Gasteiger partial charge in [0.25, 0.3) is 5.91 Å². The predicted octanol–water partition coefficient (Wildman–Crippen LogP) is 5.68. The van der Waals surface area contributed by atoms with Crippen LogP contribution >= 0.6 is 0 Å². The molecule has 9 nitrogen and oxygen atoms in total. The van der Waals surface area contributed by atoms with E-state index in [4.69, 9.17) is 20.3 Å². The summed E-state index contributed by atoms with van der Waals surface area (Å²) < 4.78 is 7.65. The van der Waals surface area contributed by atoms with E-state index in [-0.39, 0.29) is 18.0 Å². The highest BCUT2D eigenvalue weighted by Gasteiger charge is 2.31. The zero-order valence-corrected chi connectivity index (χ0v) is 23.6. The van der Waals surface area contributed by atoms with E-state index in [1.165, 1.54) is 5.06 Å². The second-order valence-corrected chi connectivity index (χ2v) is 11.4. The number of ether oxygens (including phenoxy) is 1. The summed E-state index contributed by atoms with van der Waals surface area (Å²) in [6.45, 7) is 8.07. The van der Waals surface area contributed by atoms with Crippen molar-refractivity contribution in [2.24, 2.45) is 5.73 Å². The van der Waals surface area contributed by atoms with Gasteiger partial charge < -0.3 is 15.8 Å². The molecule has 1 amide bonds.